The van der Waals surface area contributed by atoms with Crippen molar-refractivity contribution >= 4 is 5.97 Å². The van der Waals surface area contributed by atoms with Gasteiger partial charge in [-0.2, -0.15) is 0 Å². The number of benzene rings is 2. The van der Waals surface area contributed by atoms with Crippen molar-refractivity contribution in [3.63, 3.8) is 0 Å². The van der Waals surface area contributed by atoms with Crippen molar-refractivity contribution in [2.75, 3.05) is 0 Å². The molecule has 0 aromatic heterocycles. The second-order valence-corrected chi connectivity index (χ2v) is 5.67. The number of phenols is 2. The smallest absolute Gasteiger partial charge is 0.303 e. The number of carbonyl (C=O) groups is 1. The second-order valence-electron chi connectivity index (χ2n) is 5.67. The van der Waals surface area contributed by atoms with Gasteiger partial charge in [-0.05, 0) is 48.2 Å². The maximum Gasteiger partial charge on any atom is 0.303 e. The molecular weight excluding hydrogens is 280 g/mol. The van der Waals surface area contributed by atoms with Crippen molar-refractivity contribution in [2.24, 2.45) is 0 Å². The summed E-state index contributed by atoms with van der Waals surface area (Å²) in [4.78, 5) is 10.8. The molecule has 116 valence electrons. The van der Waals surface area contributed by atoms with Gasteiger partial charge in [0.25, 0.3) is 0 Å². The molecule has 0 atom stereocenters. The van der Waals surface area contributed by atoms with Gasteiger partial charge in [0.2, 0.25) is 0 Å². The van der Waals surface area contributed by atoms with Gasteiger partial charge in [0.1, 0.15) is 11.5 Å². The van der Waals surface area contributed by atoms with E-state index >= 15 is 0 Å². The zero-order valence-corrected chi connectivity index (χ0v) is 12.5. The van der Waals surface area contributed by atoms with Crippen LogP contribution in [0.15, 0.2) is 48.5 Å². The number of carboxylic acids is 1. The standard InChI is InChI=1S/C18H20O4/c1-18(12-2-3-17(21)22,13-4-8-15(19)9-5-13)14-6-10-16(20)11-7-14/h4-11,19-20H,2-3,12H2,1H3,(H,21,22). The van der Waals surface area contributed by atoms with Crippen molar-refractivity contribution in [1.82, 2.24) is 0 Å². The summed E-state index contributed by atoms with van der Waals surface area (Å²) < 4.78 is 0. The highest BCUT2D eigenvalue weighted by atomic mass is 16.4. The van der Waals surface area contributed by atoms with E-state index in [-0.39, 0.29) is 23.3 Å². The first kappa shape index (κ1) is 15.9. The van der Waals surface area contributed by atoms with E-state index in [4.69, 9.17) is 5.11 Å². The summed E-state index contributed by atoms with van der Waals surface area (Å²) in [6, 6.07) is 13.9. The normalized spacial score (nSPS) is 11.3. The van der Waals surface area contributed by atoms with E-state index in [0.717, 1.165) is 11.1 Å². The molecule has 0 radical (unpaired) electrons. The molecule has 0 bridgehead atoms. The Balaban J connectivity index is 2.36. The zero-order chi connectivity index (χ0) is 16.2. The van der Waals surface area contributed by atoms with Gasteiger partial charge in [0.05, 0.1) is 0 Å². The van der Waals surface area contributed by atoms with Crippen LogP contribution in [0, 0.1) is 0 Å². The number of aromatic hydroxyl groups is 2. The topological polar surface area (TPSA) is 77.8 Å². The minimum atomic E-state index is -0.807. The van der Waals surface area contributed by atoms with Crippen LogP contribution in [0.5, 0.6) is 11.5 Å². The monoisotopic (exact) mass is 300 g/mol. The van der Waals surface area contributed by atoms with Crippen LogP contribution in [0.3, 0.4) is 0 Å². The summed E-state index contributed by atoms with van der Waals surface area (Å²) in [5.41, 5.74) is 1.62. The Morgan fingerprint density at radius 1 is 0.909 bits per heavy atom. The Morgan fingerprint density at radius 2 is 1.32 bits per heavy atom. The Hall–Kier alpha value is -2.49. The fourth-order valence-electron chi connectivity index (χ4n) is 2.71. The lowest BCUT2D eigenvalue weighted by Gasteiger charge is -2.31. The maximum atomic E-state index is 10.8. The predicted molar refractivity (Wildman–Crippen MR) is 84.2 cm³/mol. The first-order valence-corrected chi connectivity index (χ1v) is 7.22. The highest BCUT2D eigenvalue weighted by Crippen LogP contribution is 2.38. The van der Waals surface area contributed by atoms with Crippen LogP contribution in [0.2, 0.25) is 0 Å². The minimum Gasteiger partial charge on any atom is -0.508 e. The van der Waals surface area contributed by atoms with E-state index < -0.39 is 5.97 Å². The van der Waals surface area contributed by atoms with Crippen molar-refractivity contribution in [3.05, 3.63) is 59.7 Å². The number of aliphatic carboxylic acids is 1. The van der Waals surface area contributed by atoms with Crippen LogP contribution in [0.1, 0.15) is 37.3 Å². The van der Waals surface area contributed by atoms with Crippen LogP contribution in [0.4, 0.5) is 0 Å². The lowest BCUT2D eigenvalue weighted by Crippen LogP contribution is -2.24. The van der Waals surface area contributed by atoms with Gasteiger partial charge in [-0.1, -0.05) is 31.2 Å². The van der Waals surface area contributed by atoms with Crippen LogP contribution in [-0.2, 0) is 10.2 Å². The molecule has 0 aliphatic rings. The molecule has 0 aliphatic heterocycles. The van der Waals surface area contributed by atoms with Gasteiger partial charge in [0, 0.05) is 11.8 Å². The molecule has 0 unspecified atom stereocenters. The largest absolute Gasteiger partial charge is 0.508 e. The maximum absolute atomic E-state index is 10.8. The fraction of sp³-hybridized carbons (Fsp3) is 0.278. The Labute approximate surface area is 129 Å². The van der Waals surface area contributed by atoms with E-state index in [1.165, 1.54) is 0 Å². The van der Waals surface area contributed by atoms with E-state index in [1.54, 1.807) is 24.3 Å². The van der Waals surface area contributed by atoms with Crippen molar-refractivity contribution < 1.29 is 20.1 Å². The van der Waals surface area contributed by atoms with Gasteiger partial charge in [-0.25, -0.2) is 0 Å². The average Bonchev–Trinajstić information content (AvgIpc) is 2.48. The number of phenolic OH excluding ortho intramolecular Hbond substituents is 2. The van der Waals surface area contributed by atoms with Crippen LogP contribution < -0.4 is 0 Å². The van der Waals surface area contributed by atoms with Crippen LogP contribution in [-0.4, -0.2) is 21.3 Å². The molecule has 2 aromatic carbocycles. The summed E-state index contributed by atoms with van der Waals surface area (Å²) in [5.74, 6) is -0.413. The molecule has 22 heavy (non-hydrogen) atoms. The quantitative estimate of drug-likeness (QED) is 0.761. The molecule has 3 N–H and O–H groups in total. The molecule has 0 spiro atoms. The predicted octanol–water partition coefficient (Wildman–Crippen LogP) is 3.66. The van der Waals surface area contributed by atoms with Gasteiger partial charge >= 0.3 is 5.97 Å². The SMILES string of the molecule is CC(CCCC(=O)O)(c1ccc(O)cc1)c1ccc(O)cc1. The highest BCUT2D eigenvalue weighted by molar-refractivity contribution is 5.66. The van der Waals surface area contributed by atoms with Gasteiger partial charge in [-0.15, -0.1) is 0 Å². The van der Waals surface area contributed by atoms with E-state index in [0.29, 0.717) is 12.8 Å². The molecule has 4 nitrogen and oxygen atoms in total. The number of carboxylic acid groups (broad SMARTS) is 1. The van der Waals surface area contributed by atoms with E-state index in [1.807, 2.05) is 31.2 Å². The van der Waals surface area contributed by atoms with Crippen molar-refractivity contribution in [1.29, 1.82) is 0 Å². The number of hydrogen-bond donors (Lipinski definition) is 3. The summed E-state index contributed by atoms with van der Waals surface area (Å²) in [5, 5.41) is 27.8. The lowest BCUT2D eigenvalue weighted by atomic mass is 9.73. The summed E-state index contributed by atoms with van der Waals surface area (Å²) >= 11 is 0. The molecule has 2 aromatic rings. The summed E-state index contributed by atoms with van der Waals surface area (Å²) in [7, 11) is 0. The van der Waals surface area contributed by atoms with E-state index in [2.05, 4.69) is 0 Å². The fourth-order valence-corrected chi connectivity index (χ4v) is 2.71. The van der Waals surface area contributed by atoms with Gasteiger partial charge in [0.15, 0.2) is 0 Å². The molecule has 0 saturated heterocycles. The van der Waals surface area contributed by atoms with Gasteiger partial charge < -0.3 is 15.3 Å². The van der Waals surface area contributed by atoms with Crippen LogP contribution in [0.25, 0.3) is 0 Å². The number of hydrogen-bond acceptors (Lipinski definition) is 3. The molecule has 0 amide bonds. The third-order valence-electron chi connectivity index (χ3n) is 4.08. The minimum absolute atomic E-state index is 0.117. The Morgan fingerprint density at radius 3 is 1.68 bits per heavy atom. The molecule has 0 saturated carbocycles. The van der Waals surface area contributed by atoms with Crippen LogP contribution >= 0.6 is 0 Å². The van der Waals surface area contributed by atoms with E-state index in [9.17, 15) is 15.0 Å². The molecule has 0 fully saturated rings. The molecule has 4 heteroatoms. The molecule has 0 aliphatic carbocycles. The third-order valence-corrected chi connectivity index (χ3v) is 4.08. The summed E-state index contributed by atoms with van der Waals surface area (Å²) in [6.45, 7) is 2.05. The highest BCUT2D eigenvalue weighted by Gasteiger charge is 2.28. The van der Waals surface area contributed by atoms with Crippen molar-refractivity contribution in [2.45, 2.75) is 31.6 Å². The Kier molecular flexibility index (Phi) is 4.71. The summed E-state index contributed by atoms with van der Waals surface area (Å²) in [6.07, 6.45) is 1.33. The Bertz CT molecular complexity index is 584. The third kappa shape index (κ3) is 3.58. The zero-order valence-electron chi connectivity index (χ0n) is 12.5. The second kappa shape index (κ2) is 6.52. The molecule has 0 heterocycles. The first-order chi connectivity index (χ1) is 10.4. The lowest BCUT2D eigenvalue weighted by molar-refractivity contribution is -0.137. The average molecular weight is 300 g/mol. The molecule has 2 rings (SSSR count). The molecular formula is C18H20O4. The first-order valence-electron chi connectivity index (χ1n) is 7.22. The van der Waals surface area contributed by atoms with Gasteiger partial charge in [-0.3, -0.25) is 4.79 Å². The van der Waals surface area contributed by atoms with Crippen molar-refractivity contribution in [3.8, 4) is 11.5 Å². The number of rotatable bonds is 6.